The molecule has 0 aliphatic heterocycles. The lowest BCUT2D eigenvalue weighted by molar-refractivity contribution is 0.660. The van der Waals surface area contributed by atoms with Gasteiger partial charge in [-0.05, 0) is 76.9 Å². The van der Waals surface area contributed by atoms with E-state index in [0.717, 1.165) is 50.1 Å². The first-order valence-electron chi connectivity index (χ1n) is 20.2. The molecule has 0 radical (unpaired) electrons. The fourth-order valence-electron chi connectivity index (χ4n) is 9.54. The largest absolute Gasteiger partial charge is 0.309 e. The van der Waals surface area contributed by atoms with Gasteiger partial charge in [-0.3, -0.25) is 0 Å². The van der Waals surface area contributed by atoms with Gasteiger partial charge in [0.25, 0.3) is 0 Å². The van der Waals surface area contributed by atoms with Gasteiger partial charge in [-0.2, -0.15) is 0 Å². The quantitative estimate of drug-likeness (QED) is 0.176. The number of nitrogens with zero attached hydrogens (tertiary/aromatic N) is 5. The first-order chi connectivity index (χ1) is 29.0. The summed E-state index contributed by atoms with van der Waals surface area (Å²) >= 11 is 0. The third kappa shape index (κ3) is 5.08. The lowest BCUT2D eigenvalue weighted by Crippen LogP contribution is -2.15. The third-order valence-electron chi connectivity index (χ3n) is 12.4. The molecule has 0 spiro atoms. The van der Waals surface area contributed by atoms with Crippen LogP contribution in [0.2, 0.25) is 0 Å². The Balaban J connectivity index is 1.10. The van der Waals surface area contributed by atoms with Crippen LogP contribution < -0.4 is 0 Å². The van der Waals surface area contributed by atoms with Crippen molar-refractivity contribution in [3.05, 3.63) is 199 Å². The molecule has 0 bridgehead atoms. The molecule has 278 valence electrons. The van der Waals surface area contributed by atoms with E-state index in [1.165, 1.54) is 43.8 Å². The Labute approximate surface area is 341 Å². The standard InChI is InChI=1S/C54H37N5/c1-54(2)45-22-12-9-19-39(45)40-28-25-34(31-46(40)54)51-55-52(35-26-29-43-41-20-10-13-23-47(41)58(49(43)32-35)37-15-5-3-6-16-37)57-53(56-51)36-27-30-44-42-21-11-14-24-48(42)59(50(44)33-36)38-17-7-4-8-18-38/h3-33H,1-2H3. The molecular formula is C54H37N5. The molecule has 12 rings (SSSR count). The Hall–Kier alpha value is -7.63. The van der Waals surface area contributed by atoms with Crippen molar-refractivity contribution in [2.75, 3.05) is 0 Å². The Morgan fingerprint density at radius 1 is 0.339 bits per heavy atom. The lowest BCUT2D eigenvalue weighted by atomic mass is 9.82. The molecule has 0 N–H and O–H groups in total. The van der Waals surface area contributed by atoms with Crippen molar-refractivity contribution >= 4 is 43.6 Å². The van der Waals surface area contributed by atoms with Crippen LogP contribution >= 0.6 is 0 Å². The van der Waals surface area contributed by atoms with Gasteiger partial charge in [-0.15, -0.1) is 0 Å². The number of hydrogen-bond donors (Lipinski definition) is 0. The van der Waals surface area contributed by atoms with Crippen LogP contribution in [0.25, 0.3) is 100 Å². The van der Waals surface area contributed by atoms with Gasteiger partial charge in [0, 0.05) is 55.0 Å². The Bertz CT molecular complexity index is 3290. The Kier molecular flexibility index (Phi) is 7.20. The van der Waals surface area contributed by atoms with Gasteiger partial charge in [-0.25, -0.2) is 15.0 Å². The first kappa shape index (κ1) is 33.5. The zero-order valence-corrected chi connectivity index (χ0v) is 32.6. The fourth-order valence-corrected chi connectivity index (χ4v) is 9.54. The molecule has 11 aromatic rings. The predicted molar refractivity (Wildman–Crippen MR) is 242 cm³/mol. The summed E-state index contributed by atoms with van der Waals surface area (Å²) in [6.07, 6.45) is 0. The fraction of sp³-hybridized carbons (Fsp3) is 0.0556. The topological polar surface area (TPSA) is 48.5 Å². The van der Waals surface area contributed by atoms with E-state index in [4.69, 9.17) is 15.0 Å². The molecule has 0 saturated heterocycles. The van der Waals surface area contributed by atoms with Gasteiger partial charge in [0.2, 0.25) is 0 Å². The van der Waals surface area contributed by atoms with Crippen molar-refractivity contribution in [2.24, 2.45) is 0 Å². The Morgan fingerprint density at radius 2 is 0.746 bits per heavy atom. The van der Waals surface area contributed by atoms with Gasteiger partial charge >= 0.3 is 0 Å². The summed E-state index contributed by atoms with van der Waals surface area (Å²) < 4.78 is 4.68. The van der Waals surface area contributed by atoms with Crippen molar-refractivity contribution in [2.45, 2.75) is 19.3 Å². The molecule has 1 aliphatic rings. The molecule has 0 saturated carbocycles. The zero-order valence-electron chi connectivity index (χ0n) is 32.6. The van der Waals surface area contributed by atoms with Crippen molar-refractivity contribution in [1.29, 1.82) is 0 Å². The second kappa shape index (κ2) is 12.7. The van der Waals surface area contributed by atoms with Gasteiger partial charge in [0.05, 0.1) is 22.1 Å². The van der Waals surface area contributed by atoms with Crippen molar-refractivity contribution in [3.8, 4) is 56.7 Å². The van der Waals surface area contributed by atoms with Crippen LogP contribution in [0, 0.1) is 0 Å². The molecule has 5 nitrogen and oxygen atoms in total. The van der Waals surface area contributed by atoms with Crippen LogP contribution in [-0.4, -0.2) is 24.1 Å². The van der Waals surface area contributed by atoms with E-state index in [1.54, 1.807) is 0 Å². The normalized spacial score (nSPS) is 13.1. The molecular weight excluding hydrogens is 719 g/mol. The molecule has 1 aliphatic carbocycles. The molecule has 5 heteroatoms. The summed E-state index contributed by atoms with van der Waals surface area (Å²) in [7, 11) is 0. The number of para-hydroxylation sites is 4. The van der Waals surface area contributed by atoms with Gasteiger partial charge in [0.15, 0.2) is 17.5 Å². The SMILES string of the molecule is CC1(C)c2ccccc2-c2ccc(-c3nc(-c4ccc5c6ccccc6n(-c6ccccc6)c5c4)nc(-c4ccc5c6ccccc6n(-c6ccccc6)c5c4)n3)cc21. The van der Waals surface area contributed by atoms with E-state index in [9.17, 15) is 0 Å². The van der Waals surface area contributed by atoms with E-state index in [2.05, 4.69) is 211 Å². The first-order valence-corrected chi connectivity index (χ1v) is 20.2. The highest BCUT2D eigenvalue weighted by molar-refractivity contribution is 6.11. The van der Waals surface area contributed by atoms with Crippen molar-refractivity contribution in [1.82, 2.24) is 24.1 Å². The van der Waals surface area contributed by atoms with Gasteiger partial charge in [-0.1, -0.05) is 147 Å². The van der Waals surface area contributed by atoms with Crippen LogP contribution in [0.4, 0.5) is 0 Å². The molecule has 0 amide bonds. The number of aromatic nitrogens is 5. The number of rotatable bonds is 5. The third-order valence-corrected chi connectivity index (χ3v) is 12.4. The second-order valence-corrected chi connectivity index (χ2v) is 16.1. The van der Waals surface area contributed by atoms with E-state index in [0.29, 0.717) is 17.5 Å². The highest BCUT2D eigenvalue weighted by Crippen LogP contribution is 2.49. The second-order valence-electron chi connectivity index (χ2n) is 16.1. The van der Waals surface area contributed by atoms with E-state index < -0.39 is 0 Å². The monoisotopic (exact) mass is 755 g/mol. The van der Waals surface area contributed by atoms with Crippen LogP contribution in [0.15, 0.2) is 188 Å². The van der Waals surface area contributed by atoms with Crippen LogP contribution in [0.1, 0.15) is 25.0 Å². The van der Waals surface area contributed by atoms with Gasteiger partial charge in [0.1, 0.15) is 0 Å². The zero-order chi connectivity index (χ0) is 39.2. The molecule has 0 unspecified atom stereocenters. The summed E-state index contributed by atoms with van der Waals surface area (Å²) in [5.74, 6) is 1.90. The van der Waals surface area contributed by atoms with Crippen LogP contribution in [0.5, 0.6) is 0 Å². The number of hydrogen-bond acceptors (Lipinski definition) is 3. The summed E-state index contributed by atoms with van der Waals surface area (Å²) in [5.41, 5.74) is 14.6. The number of fused-ring (bicyclic) bond motifs is 9. The van der Waals surface area contributed by atoms with Crippen LogP contribution in [-0.2, 0) is 5.41 Å². The maximum atomic E-state index is 5.32. The summed E-state index contributed by atoms with van der Waals surface area (Å²) in [5, 5.41) is 4.78. The molecule has 0 atom stereocenters. The average molecular weight is 756 g/mol. The maximum absolute atomic E-state index is 5.32. The molecule has 3 heterocycles. The van der Waals surface area contributed by atoms with E-state index in [-0.39, 0.29) is 5.41 Å². The summed E-state index contributed by atoms with van der Waals surface area (Å²) in [6.45, 7) is 4.63. The number of benzene rings is 8. The van der Waals surface area contributed by atoms with Crippen LogP contribution in [0.3, 0.4) is 0 Å². The minimum absolute atomic E-state index is 0.160. The molecule has 59 heavy (non-hydrogen) atoms. The summed E-state index contributed by atoms with van der Waals surface area (Å²) in [6, 6.07) is 67.1. The predicted octanol–water partition coefficient (Wildman–Crippen LogP) is 13.4. The average Bonchev–Trinajstić information content (AvgIpc) is 3.89. The maximum Gasteiger partial charge on any atom is 0.164 e. The lowest BCUT2D eigenvalue weighted by Gasteiger charge is -2.21. The minimum atomic E-state index is -0.160. The highest BCUT2D eigenvalue weighted by atomic mass is 15.0. The molecule has 3 aromatic heterocycles. The molecule has 0 fully saturated rings. The molecule has 8 aromatic carbocycles. The van der Waals surface area contributed by atoms with Crippen molar-refractivity contribution < 1.29 is 0 Å². The smallest absolute Gasteiger partial charge is 0.164 e. The summed E-state index contributed by atoms with van der Waals surface area (Å²) in [4.78, 5) is 15.9. The Morgan fingerprint density at radius 3 is 1.29 bits per heavy atom. The van der Waals surface area contributed by atoms with E-state index >= 15 is 0 Å². The van der Waals surface area contributed by atoms with Gasteiger partial charge < -0.3 is 9.13 Å². The van der Waals surface area contributed by atoms with E-state index in [1.807, 2.05) is 0 Å². The minimum Gasteiger partial charge on any atom is -0.309 e. The van der Waals surface area contributed by atoms with Crippen molar-refractivity contribution in [3.63, 3.8) is 0 Å². The highest BCUT2D eigenvalue weighted by Gasteiger charge is 2.35.